The first-order valence-electron chi connectivity index (χ1n) is 5.89. The summed E-state index contributed by atoms with van der Waals surface area (Å²) in [6.45, 7) is 1.40. The standard InChI is InChI=1S/C14H17NO3/c1-17-13-6-2-4-11(14(13)16)10-15-8-7-12-5-3-9-18-12/h2-6,9,15-16H,7-8,10H2,1H3. The fourth-order valence-corrected chi connectivity index (χ4v) is 1.76. The number of hydrogen-bond donors (Lipinski definition) is 2. The van der Waals surface area contributed by atoms with Crippen LogP contribution in [-0.2, 0) is 13.0 Å². The summed E-state index contributed by atoms with van der Waals surface area (Å²) in [7, 11) is 1.54. The number of aromatic hydroxyl groups is 1. The van der Waals surface area contributed by atoms with Gasteiger partial charge in [-0.2, -0.15) is 0 Å². The van der Waals surface area contributed by atoms with Gasteiger partial charge in [-0.05, 0) is 18.2 Å². The van der Waals surface area contributed by atoms with Gasteiger partial charge in [0.05, 0.1) is 13.4 Å². The Hall–Kier alpha value is -1.94. The summed E-state index contributed by atoms with van der Waals surface area (Å²) in [6.07, 6.45) is 2.50. The molecule has 0 spiro atoms. The van der Waals surface area contributed by atoms with E-state index in [0.717, 1.165) is 24.3 Å². The summed E-state index contributed by atoms with van der Waals surface area (Å²) in [5.74, 6) is 1.66. The lowest BCUT2D eigenvalue weighted by atomic mass is 10.2. The molecule has 4 heteroatoms. The van der Waals surface area contributed by atoms with Crippen LogP contribution in [-0.4, -0.2) is 18.8 Å². The Kier molecular flexibility index (Phi) is 4.25. The molecule has 18 heavy (non-hydrogen) atoms. The highest BCUT2D eigenvalue weighted by Crippen LogP contribution is 2.28. The van der Waals surface area contributed by atoms with Crippen molar-refractivity contribution in [2.75, 3.05) is 13.7 Å². The zero-order valence-corrected chi connectivity index (χ0v) is 10.3. The Morgan fingerprint density at radius 3 is 2.89 bits per heavy atom. The third-order valence-electron chi connectivity index (χ3n) is 2.75. The maximum atomic E-state index is 9.89. The fraction of sp³-hybridized carbons (Fsp3) is 0.286. The van der Waals surface area contributed by atoms with Gasteiger partial charge in [-0.15, -0.1) is 0 Å². The number of methoxy groups -OCH3 is 1. The molecule has 0 saturated heterocycles. The maximum Gasteiger partial charge on any atom is 0.162 e. The Bertz CT molecular complexity index is 480. The minimum atomic E-state index is 0.200. The molecule has 0 atom stereocenters. The minimum Gasteiger partial charge on any atom is -0.504 e. The Morgan fingerprint density at radius 2 is 2.17 bits per heavy atom. The molecular weight excluding hydrogens is 230 g/mol. The SMILES string of the molecule is COc1cccc(CNCCc2ccco2)c1O. The van der Waals surface area contributed by atoms with E-state index in [-0.39, 0.29) is 5.75 Å². The molecule has 0 aliphatic rings. The quantitative estimate of drug-likeness (QED) is 0.769. The predicted octanol–water partition coefficient (Wildman–Crippen LogP) is 2.33. The van der Waals surface area contributed by atoms with Gasteiger partial charge in [0.15, 0.2) is 11.5 Å². The van der Waals surface area contributed by atoms with E-state index in [9.17, 15) is 5.11 Å². The van der Waals surface area contributed by atoms with Gasteiger partial charge in [0, 0.05) is 25.1 Å². The van der Waals surface area contributed by atoms with Crippen LogP contribution >= 0.6 is 0 Å². The predicted molar refractivity (Wildman–Crippen MR) is 68.8 cm³/mol. The van der Waals surface area contributed by atoms with Crippen LogP contribution in [0.5, 0.6) is 11.5 Å². The van der Waals surface area contributed by atoms with E-state index in [1.54, 1.807) is 19.4 Å². The first-order chi connectivity index (χ1) is 8.81. The molecule has 0 unspecified atom stereocenters. The third kappa shape index (κ3) is 3.05. The summed E-state index contributed by atoms with van der Waals surface area (Å²) in [5, 5.41) is 13.1. The zero-order chi connectivity index (χ0) is 12.8. The number of benzene rings is 1. The van der Waals surface area contributed by atoms with Crippen LogP contribution in [0.15, 0.2) is 41.0 Å². The first kappa shape index (κ1) is 12.5. The summed E-state index contributed by atoms with van der Waals surface area (Å²) in [4.78, 5) is 0. The second kappa shape index (κ2) is 6.12. The monoisotopic (exact) mass is 247 g/mol. The van der Waals surface area contributed by atoms with Crippen molar-refractivity contribution < 1.29 is 14.3 Å². The Labute approximate surface area is 106 Å². The first-order valence-corrected chi connectivity index (χ1v) is 5.89. The van der Waals surface area contributed by atoms with Crippen LogP contribution in [0.4, 0.5) is 0 Å². The van der Waals surface area contributed by atoms with E-state index >= 15 is 0 Å². The van der Waals surface area contributed by atoms with E-state index in [1.807, 2.05) is 24.3 Å². The van der Waals surface area contributed by atoms with Crippen molar-refractivity contribution in [2.45, 2.75) is 13.0 Å². The van der Waals surface area contributed by atoms with Crippen LogP contribution in [0.25, 0.3) is 0 Å². The van der Waals surface area contributed by atoms with Gasteiger partial charge >= 0.3 is 0 Å². The molecule has 2 N–H and O–H groups in total. The summed E-state index contributed by atoms with van der Waals surface area (Å²) >= 11 is 0. The Balaban J connectivity index is 1.83. The molecule has 1 aromatic carbocycles. The maximum absolute atomic E-state index is 9.89. The smallest absolute Gasteiger partial charge is 0.162 e. The minimum absolute atomic E-state index is 0.200. The topological polar surface area (TPSA) is 54.6 Å². The molecule has 0 aliphatic heterocycles. The molecular formula is C14H17NO3. The summed E-state index contributed by atoms with van der Waals surface area (Å²) in [6, 6.07) is 9.30. The van der Waals surface area contributed by atoms with Crippen LogP contribution < -0.4 is 10.1 Å². The summed E-state index contributed by atoms with van der Waals surface area (Å²) in [5.41, 5.74) is 0.828. The van der Waals surface area contributed by atoms with E-state index in [1.165, 1.54) is 0 Å². The van der Waals surface area contributed by atoms with Crippen molar-refractivity contribution >= 4 is 0 Å². The highest BCUT2D eigenvalue weighted by atomic mass is 16.5. The number of para-hydroxylation sites is 1. The molecule has 0 saturated carbocycles. The van der Waals surface area contributed by atoms with E-state index in [4.69, 9.17) is 9.15 Å². The molecule has 1 heterocycles. The second-order valence-electron chi connectivity index (χ2n) is 3.97. The van der Waals surface area contributed by atoms with Gasteiger partial charge in [-0.25, -0.2) is 0 Å². The lowest BCUT2D eigenvalue weighted by Gasteiger charge is -2.09. The Morgan fingerprint density at radius 1 is 1.28 bits per heavy atom. The van der Waals surface area contributed by atoms with Crippen molar-refractivity contribution in [2.24, 2.45) is 0 Å². The fourth-order valence-electron chi connectivity index (χ4n) is 1.76. The molecule has 0 aliphatic carbocycles. The molecule has 96 valence electrons. The van der Waals surface area contributed by atoms with E-state index in [2.05, 4.69) is 5.32 Å². The lowest BCUT2D eigenvalue weighted by Crippen LogP contribution is -2.16. The number of ether oxygens (including phenoxy) is 1. The van der Waals surface area contributed by atoms with E-state index < -0.39 is 0 Å². The van der Waals surface area contributed by atoms with Gasteiger partial charge in [0.1, 0.15) is 5.76 Å². The van der Waals surface area contributed by atoms with Crippen molar-refractivity contribution in [1.82, 2.24) is 5.32 Å². The number of rotatable bonds is 6. The number of furan rings is 1. The van der Waals surface area contributed by atoms with Crippen molar-refractivity contribution in [3.05, 3.63) is 47.9 Å². The molecule has 0 bridgehead atoms. The van der Waals surface area contributed by atoms with Crippen LogP contribution in [0.3, 0.4) is 0 Å². The highest BCUT2D eigenvalue weighted by molar-refractivity contribution is 5.45. The number of hydrogen-bond acceptors (Lipinski definition) is 4. The number of phenols is 1. The largest absolute Gasteiger partial charge is 0.504 e. The van der Waals surface area contributed by atoms with Gasteiger partial charge in [0.25, 0.3) is 0 Å². The van der Waals surface area contributed by atoms with E-state index in [0.29, 0.717) is 12.3 Å². The third-order valence-corrected chi connectivity index (χ3v) is 2.75. The normalized spacial score (nSPS) is 10.5. The lowest BCUT2D eigenvalue weighted by molar-refractivity contribution is 0.369. The number of nitrogens with one attached hydrogen (secondary N) is 1. The molecule has 2 rings (SSSR count). The molecule has 4 nitrogen and oxygen atoms in total. The number of phenolic OH excluding ortho intramolecular Hbond substituents is 1. The molecule has 0 radical (unpaired) electrons. The van der Waals surface area contributed by atoms with Crippen molar-refractivity contribution in [3.63, 3.8) is 0 Å². The van der Waals surface area contributed by atoms with Crippen LogP contribution in [0.2, 0.25) is 0 Å². The highest BCUT2D eigenvalue weighted by Gasteiger charge is 2.06. The van der Waals surface area contributed by atoms with Gasteiger partial charge < -0.3 is 19.6 Å². The van der Waals surface area contributed by atoms with Crippen LogP contribution in [0, 0.1) is 0 Å². The van der Waals surface area contributed by atoms with Crippen molar-refractivity contribution in [3.8, 4) is 11.5 Å². The molecule has 2 aromatic rings. The zero-order valence-electron chi connectivity index (χ0n) is 10.3. The molecule has 1 aromatic heterocycles. The molecule has 0 fully saturated rings. The van der Waals surface area contributed by atoms with Crippen molar-refractivity contribution in [1.29, 1.82) is 0 Å². The summed E-state index contributed by atoms with van der Waals surface area (Å²) < 4.78 is 10.3. The van der Waals surface area contributed by atoms with Crippen LogP contribution in [0.1, 0.15) is 11.3 Å². The van der Waals surface area contributed by atoms with Gasteiger partial charge in [-0.1, -0.05) is 12.1 Å². The average Bonchev–Trinajstić information content (AvgIpc) is 2.89. The second-order valence-corrected chi connectivity index (χ2v) is 3.97. The molecule has 0 amide bonds. The average molecular weight is 247 g/mol. The van der Waals surface area contributed by atoms with Gasteiger partial charge in [0.2, 0.25) is 0 Å². The van der Waals surface area contributed by atoms with Gasteiger partial charge in [-0.3, -0.25) is 0 Å².